The molecule has 38 heavy (non-hydrogen) atoms. The zero-order valence-electron chi connectivity index (χ0n) is 20.5. The van der Waals surface area contributed by atoms with Crippen molar-refractivity contribution in [1.82, 2.24) is 10.6 Å². The number of carbonyl (C=O) groups is 3. The Morgan fingerprint density at radius 3 is 2.53 bits per heavy atom. The molecule has 1 aliphatic rings. The van der Waals surface area contributed by atoms with Gasteiger partial charge in [0.1, 0.15) is 11.8 Å². The Morgan fingerprint density at radius 1 is 0.974 bits per heavy atom. The summed E-state index contributed by atoms with van der Waals surface area (Å²) in [4.78, 5) is 41.9. The van der Waals surface area contributed by atoms with Gasteiger partial charge in [0.05, 0.1) is 24.2 Å². The van der Waals surface area contributed by atoms with E-state index in [1.165, 1.54) is 22.5 Å². The minimum Gasteiger partial charge on any atom is -0.467 e. The highest BCUT2D eigenvalue weighted by Crippen LogP contribution is 2.38. The predicted molar refractivity (Wildman–Crippen MR) is 141 cm³/mol. The highest BCUT2D eigenvalue weighted by atomic mass is 32.1. The van der Waals surface area contributed by atoms with Crippen LogP contribution in [0.4, 0.5) is 5.69 Å². The highest BCUT2D eigenvalue weighted by molar-refractivity contribution is 7.12. The molecular formula is C28H25N3O6S. The van der Waals surface area contributed by atoms with Gasteiger partial charge in [-0.05, 0) is 48.2 Å². The molecule has 0 radical (unpaired) electrons. The zero-order chi connectivity index (χ0) is 26.5. The number of anilines is 1. The Kier molecular flexibility index (Phi) is 7.41. The molecule has 0 spiro atoms. The first kappa shape index (κ1) is 25.1. The van der Waals surface area contributed by atoms with E-state index in [9.17, 15) is 14.4 Å². The van der Waals surface area contributed by atoms with Crippen molar-refractivity contribution in [2.75, 3.05) is 18.2 Å². The summed E-state index contributed by atoms with van der Waals surface area (Å²) in [6.45, 7) is 1.83. The Hall–Kier alpha value is -4.57. The van der Waals surface area contributed by atoms with Gasteiger partial charge in [0.25, 0.3) is 5.91 Å². The molecule has 3 amide bonds. The number of hydrogen-bond acceptors (Lipinski definition) is 7. The smallest absolute Gasteiger partial charge is 0.261 e. The number of aryl methyl sites for hydroxylation is 1. The average Bonchev–Trinajstić information content (AvgIpc) is 3.72. The van der Waals surface area contributed by atoms with Crippen molar-refractivity contribution in [2.45, 2.75) is 19.5 Å². The maximum Gasteiger partial charge on any atom is 0.261 e. The molecule has 2 N–H and O–H groups in total. The second-order valence-corrected chi connectivity index (χ2v) is 9.52. The summed E-state index contributed by atoms with van der Waals surface area (Å²) >= 11 is 1.28. The van der Waals surface area contributed by atoms with Crippen LogP contribution in [0, 0.1) is 6.92 Å². The van der Waals surface area contributed by atoms with E-state index in [0.717, 1.165) is 5.56 Å². The molecule has 2 aromatic carbocycles. The van der Waals surface area contributed by atoms with E-state index in [-0.39, 0.29) is 25.8 Å². The van der Waals surface area contributed by atoms with Crippen LogP contribution in [-0.2, 0) is 16.1 Å². The SMILES string of the molecule is Cc1ccc(C(C(=O)NCc2ccco2)N(C(=O)CNC(=O)c2cccs2)c2ccc3c(c2)OCO3)cc1. The highest BCUT2D eigenvalue weighted by Gasteiger charge is 2.34. The van der Waals surface area contributed by atoms with E-state index < -0.39 is 17.9 Å². The molecule has 0 saturated heterocycles. The minimum absolute atomic E-state index is 0.0641. The van der Waals surface area contributed by atoms with Crippen molar-refractivity contribution >= 4 is 34.7 Å². The molecule has 0 aliphatic carbocycles. The molecule has 0 saturated carbocycles. The molecule has 5 rings (SSSR count). The van der Waals surface area contributed by atoms with Gasteiger partial charge in [-0.2, -0.15) is 0 Å². The van der Waals surface area contributed by atoms with Gasteiger partial charge in [-0.25, -0.2) is 0 Å². The lowest BCUT2D eigenvalue weighted by Crippen LogP contribution is -2.47. The third kappa shape index (κ3) is 5.55. The summed E-state index contributed by atoms with van der Waals surface area (Å²) in [5.74, 6) is 0.314. The molecule has 1 atom stereocenters. The summed E-state index contributed by atoms with van der Waals surface area (Å²) < 4.78 is 16.3. The second-order valence-electron chi connectivity index (χ2n) is 8.57. The quantitative estimate of drug-likeness (QED) is 0.335. The molecule has 4 aromatic rings. The van der Waals surface area contributed by atoms with E-state index in [2.05, 4.69) is 10.6 Å². The van der Waals surface area contributed by atoms with Crippen LogP contribution in [0.3, 0.4) is 0 Å². The number of amides is 3. The first-order valence-corrected chi connectivity index (χ1v) is 12.8. The van der Waals surface area contributed by atoms with Gasteiger partial charge < -0.3 is 24.5 Å². The predicted octanol–water partition coefficient (Wildman–Crippen LogP) is 4.20. The van der Waals surface area contributed by atoms with Crippen LogP contribution < -0.4 is 25.0 Å². The van der Waals surface area contributed by atoms with Crippen LogP contribution in [0.1, 0.15) is 32.6 Å². The van der Waals surface area contributed by atoms with E-state index in [0.29, 0.717) is 33.4 Å². The Labute approximate surface area is 223 Å². The normalized spacial score (nSPS) is 12.6. The summed E-state index contributed by atoms with van der Waals surface area (Å²) in [6, 6.07) is 18.3. The average molecular weight is 532 g/mol. The van der Waals surface area contributed by atoms with Crippen molar-refractivity contribution in [1.29, 1.82) is 0 Å². The van der Waals surface area contributed by atoms with Crippen molar-refractivity contribution in [3.8, 4) is 11.5 Å². The topological polar surface area (TPSA) is 110 Å². The number of furan rings is 1. The summed E-state index contributed by atoms with van der Waals surface area (Å²) in [5, 5.41) is 7.33. The molecule has 10 heteroatoms. The van der Waals surface area contributed by atoms with Crippen LogP contribution in [0.15, 0.2) is 82.8 Å². The molecular weight excluding hydrogens is 506 g/mol. The van der Waals surface area contributed by atoms with Crippen LogP contribution in [0.5, 0.6) is 11.5 Å². The third-order valence-corrected chi connectivity index (χ3v) is 6.83. The molecule has 1 aliphatic heterocycles. The van der Waals surface area contributed by atoms with Gasteiger partial charge in [-0.3, -0.25) is 19.3 Å². The lowest BCUT2D eigenvalue weighted by molar-refractivity contribution is -0.126. The lowest BCUT2D eigenvalue weighted by atomic mass is 10.0. The van der Waals surface area contributed by atoms with Crippen LogP contribution in [-0.4, -0.2) is 31.1 Å². The number of fused-ring (bicyclic) bond motifs is 1. The fourth-order valence-electron chi connectivity index (χ4n) is 4.06. The van der Waals surface area contributed by atoms with E-state index >= 15 is 0 Å². The summed E-state index contributed by atoms with van der Waals surface area (Å²) in [6.07, 6.45) is 1.53. The van der Waals surface area contributed by atoms with Crippen LogP contribution >= 0.6 is 11.3 Å². The van der Waals surface area contributed by atoms with E-state index in [1.807, 2.05) is 31.2 Å². The van der Waals surface area contributed by atoms with Gasteiger partial charge in [-0.15, -0.1) is 11.3 Å². The first-order chi connectivity index (χ1) is 18.5. The Morgan fingerprint density at radius 2 is 1.79 bits per heavy atom. The number of nitrogens with one attached hydrogen (secondary N) is 2. The number of thiophene rings is 1. The Bertz CT molecular complexity index is 1420. The zero-order valence-corrected chi connectivity index (χ0v) is 21.3. The third-order valence-electron chi connectivity index (χ3n) is 5.96. The number of hydrogen-bond donors (Lipinski definition) is 2. The van der Waals surface area contributed by atoms with Crippen molar-refractivity contribution in [3.05, 3.63) is 100 Å². The van der Waals surface area contributed by atoms with Crippen LogP contribution in [0.2, 0.25) is 0 Å². The fraction of sp³-hybridized carbons (Fsp3) is 0.179. The van der Waals surface area contributed by atoms with E-state index in [4.69, 9.17) is 13.9 Å². The van der Waals surface area contributed by atoms with Gasteiger partial charge in [-0.1, -0.05) is 35.9 Å². The summed E-state index contributed by atoms with van der Waals surface area (Å²) in [7, 11) is 0. The van der Waals surface area contributed by atoms with Crippen molar-refractivity contribution in [3.63, 3.8) is 0 Å². The molecule has 0 fully saturated rings. The maximum atomic E-state index is 13.8. The second kappa shape index (κ2) is 11.2. The maximum absolute atomic E-state index is 13.8. The van der Waals surface area contributed by atoms with Gasteiger partial charge in [0, 0.05) is 11.8 Å². The lowest BCUT2D eigenvalue weighted by Gasteiger charge is -2.31. The first-order valence-electron chi connectivity index (χ1n) is 11.9. The number of rotatable bonds is 9. The van der Waals surface area contributed by atoms with Gasteiger partial charge in [0.15, 0.2) is 11.5 Å². The number of ether oxygens (including phenoxy) is 2. The van der Waals surface area contributed by atoms with Gasteiger partial charge in [0.2, 0.25) is 18.6 Å². The largest absolute Gasteiger partial charge is 0.467 e. The van der Waals surface area contributed by atoms with Crippen molar-refractivity contribution in [2.24, 2.45) is 0 Å². The standard InChI is InChI=1S/C28H25N3O6S/c1-18-6-8-19(9-7-18)26(28(34)29-15-21-4-2-12-35-21)31(20-10-11-22-23(14-20)37-17-36-22)25(32)16-30-27(33)24-5-3-13-38-24/h2-14,26H,15-17H2,1H3,(H,29,34)(H,30,33). The van der Waals surface area contributed by atoms with E-state index in [1.54, 1.807) is 47.8 Å². The van der Waals surface area contributed by atoms with Crippen LogP contribution in [0.25, 0.3) is 0 Å². The van der Waals surface area contributed by atoms with Gasteiger partial charge >= 0.3 is 0 Å². The Balaban J connectivity index is 1.49. The minimum atomic E-state index is -1.04. The molecule has 9 nitrogen and oxygen atoms in total. The van der Waals surface area contributed by atoms with Crippen molar-refractivity contribution < 1.29 is 28.3 Å². The molecule has 1 unspecified atom stereocenters. The number of benzene rings is 2. The molecule has 0 bridgehead atoms. The molecule has 2 aromatic heterocycles. The molecule has 3 heterocycles. The molecule has 194 valence electrons. The fourth-order valence-corrected chi connectivity index (χ4v) is 4.70. The summed E-state index contributed by atoms with van der Waals surface area (Å²) in [5.41, 5.74) is 2.03. The monoisotopic (exact) mass is 531 g/mol. The number of carbonyl (C=O) groups excluding carboxylic acids is 3. The number of nitrogens with zero attached hydrogens (tertiary/aromatic N) is 1.